The molecule has 0 atom stereocenters. The first kappa shape index (κ1) is 20.6. The van der Waals surface area contributed by atoms with Crippen LogP contribution in [0.25, 0.3) is 10.8 Å². The van der Waals surface area contributed by atoms with Crippen molar-refractivity contribution in [2.24, 2.45) is 4.99 Å². The summed E-state index contributed by atoms with van der Waals surface area (Å²) >= 11 is 0. The average Bonchev–Trinajstić information content (AvgIpc) is 2.82. The summed E-state index contributed by atoms with van der Waals surface area (Å²) in [5.41, 5.74) is 4.06. The van der Waals surface area contributed by atoms with Gasteiger partial charge in [0.2, 0.25) is 5.96 Å². The monoisotopic (exact) mass is 411 g/mol. The summed E-state index contributed by atoms with van der Waals surface area (Å²) in [6.07, 6.45) is 0.964. The van der Waals surface area contributed by atoms with Crippen molar-refractivity contribution in [3.63, 3.8) is 0 Å². The van der Waals surface area contributed by atoms with Crippen LogP contribution < -0.4 is 9.80 Å². The summed E-state index contributed by atoms with van der Waals surface area (Å²) in [5.74, 6) is 0.495. The van der Waals surface area contributed by atoms with E-state index in [1.165, 1.54) is 11.6 Å². The minimum absolute atomic E-state index is 0.251. The fourth-order valence-corrected chi connectivity index (χ4v) is 3.72. The van der Waals surface area contributed by atoms with E-state index in [2.05, 4.69) is 36.1 Å². The van der Waals surface area contributed by atoms with Gasteiger partial charge in [-0.25, -0.2) is 9.38 Å². The normalized spacial score (nSPS) is 11.5. The molecule has 4 rings (SSSR count). The van der Waals surface area contributed by atoms with Crippen molar-refractivity contribution in [3.8, 4) is 0 Å². The largest absolute Gasteiger partial charge is 0.315 e. The van der Waals surface area contributed by atoms with Crippen LogP contribution in [0.3, 0.4) is 0 Å². The second-order valence-electron chi connectivity index (χ2n) is 7.53. The molecule has 0 aliphatic carbocycles. The Bertz CT molecular complexity index is 1220. The van der Waals surface area contributed by atoms with Gasteiger partial charge in [-0.2, -0.15) is 0 Å². The SMILES string of the molecule is CCc1cccc(N(C)C(=Nc2ccccc2)N(C)c2cccc3ccc(F)cc23)c1. The molecular formula is C27H26FN3. The molecule has 0 fully saturated rings. The van der Waals surface area contributed by atoms with Gasteiger partial charge in [0.15, 0.2) is 0 Å². The quantitative estimate of drug-likeness (QED) is 0.272. The number of halogens is 1. The molecule has 0 aliphatic rings. The van der Waals surface area contributed by atoms with Crippen molar-refractivity contribution in [2.75, 3.05) is 23.9 Å². The molecule has 3 nitrogen and oxygen atoms in total. The maximum atomic E-state index is 14.1. The maximum Gasteiger partial charge on any atom is 0.210 e. The van der Waals surface area contributed by atoms with Gasteiger partial charge in [-0.05, 0) is 59.8 Å². The van der Waals surface area contributed by atoms with E-state index in [9.17, 15) is 4.39 Å². The number of guanidine groups is 1. The topological polar surface area (TPSA) is 18.8 Å². The van der Waals surface area contributed by atoms with Gasteiger partial charge in [0, 0.05) is 25.2 Å². The molecule has 0 amide bonds. The minimum Gasteiger partial charge on any atom is -0.315 e. The van der Waals surface area contributed by atoms with E-state index >= 15 is 0 Å². The molecule has 4 aromatic rings. The summed E-state index contributed by atoms with van der Waals surface area (Å²) in [4.78, 5) is 9.07. The van der Waals surface area contributed by atoms with Crippen LogP contribution in [0.15, 0.2) is 96.0 Å². The van der Waals surface area contributed by atoms with E-state index in [1.807, 2.05) is 73.6 Å². The third-order valence-corrected chi connectivity index (χ3v) is 5.47. The molecule has 0 aliphatic heterocycles. The fraction of sp³-hybridized carbons (Fsp3) is 0.148. The highest BCUT2D eigenvalue weighted by molar-refractivity contribution is 6.11. The lowest BCUT2D eigenvalue weighted by molar-refractivity contribution is 0.630. The van der Waals surface area contributed by atoms with Gasteiger partial charge in [0.1, 0.15) is 5.82 Å². The van der Waals surface area contributed by atoms with Gasteiger partial charge in [0.05, 0.1) is 11.4 Å². The molecule has 0 heterocycles. The zero-order valence-corrected chi connectivity index (χ0v) is 18.1. The molecule has 0 radical (unpaired) electrons. The zero-order chi connectivity index (χ0) is 21.8. The summed E-state index contributed by atoms with van der Waals surface area (Å²) in [5, 5.41) is 1.84. The molecule has 0 N–H and O–H groups in total. The van der Waals surface area contributed by atoms with Crippen molar-refractivity contribution in [1.29, 1.82) is 0 Å². The summed E-state index contributed by atoms with van der Waals surface area (Å²) in [6, 6.07) is 29.2. The fourth-order valence-electron chi connectivity index (χ4n) is 3.72. The number of hydrogen-bond donors (Lipinski definition) is 0. The number of para-hydroxylation sites is 1. The maximum absolute atomic E-state index is 14.1. The lowest BCUT2D eigenvalue weighted by Gasteiger charge is -2.30. The van der Waals surface area contributed by atoms with Crippen LogP contribution in [0.2, 0.25) is 0 Å². The van der Waals surface area contributed by atoms with E-state index in [0.29, 0.717) is 0 Å². The lowest BCUT2D eigenvalue weighted by atomic mass is 10.1. The highest BCUT2D eigenvalue weighted by Gasteiger charge is 2.18. The van der Waals surface area contributed by atoms with Crippen molar-refractivity contribution in [3.05, 3.63) is 102 Å². The van der Waals surface area contributed by atoms with E-state index in [-0.39, 0.29) is 5.82 Å². The first-order valence-electron chi connectivity index (χ1n) is 10.4. The van der Waals surface area contributed by atoms with Gasteiger partial charge in [-0.1, -0.05) is 55.5 Å². The molecule has 156 valence electrons. The number of rotatable bonds is 4. The smallest absolute Gasteiger partial charge is 0.210 e. The van der Waals surface area contributed by atoms with Gasteiger partial charge >= 0.3 is 0 Å². The van der Waals surface area contributed by atoms with Crippen LogP contribution in [0, 0.1) is 5.82 Å². The molecule has 0 spiro atoms. The lowest BCUT2D eigenvalue weighted by Crippen LogP contribution is -2.40. The molecule has 0 saturated carbocycles. The highest BCUT2D eigenvalue weighted by Crippen LogP contribution is 2.29. The third kappa shape index (κ3) is 4.43. The second kappa shape index (κ2) is 9.00. The van der Waals surface area contributed by atoms with Gasteiger partial charge in [-0.3, -0.25) is 0 Å². The van der Waals surface area contributed by atoms with E-state index in [4.69, 9.17) is 4.99 Å². The molecule has 0 aromatic heterocycles. The Labute approximate surface area is 183 Å². The third-order valence-electron chi connectivity index (χ3n) is 5.47. The van der Waals surface area contributed by atoms with Crippen LogP contribution in [-0.4, -0.2) is 20.1 Å². The Morgan fingerprint density at radius 1 is 0.806 bits per heavy atom. The van der Waals surface area contributed by atoms with Crippen molar-refractivity contribution in [1.82, 2.24) is 0 Å². The summed E-state index contributed by atoms with van der Waals surface area (Å²) in [6.45, 7) is 2.15. The van der Waals surface area contributed by atoms with Gasteiger partial charge in [0.25, 0.3) is 0 Å². The number of benzene rings is 4. The van der Waals surface area contributed by atoms with Crippen molar-refractivity contribution < 1.29 is 4.39 Å². The van der Waals surface area contributed by atoms with E-state index in [1.54, 1.807) is 6.07 Å². The first-order chi connectivity index (χ1) is 15.1. The molecule has 0 bridgehead atoms. The Morgan fingerprint density at radius 3 is 2.35 bits per heavy atom. The van der Waals surface area contributed by atoms with Crippen LogP contribution in [0.5, 0.6) is 0 Å². The molecular weight excluding hydrogens is 385 g/mol. The average molecular weight is 412 g/mol. The molecule has 4 aromatic carbocycles. The predicted octanol–water partition coefficient (Wildman–Crippen LogP) is 6.80. The van der Waals surface area contributed by atoms with Gasteiger partial charge in [-0.15, -0.1) is 0 Å². The Kier molecular flexibility index (Phi) is 5.99. The zero-order valence-electron chi connectivity index (χ0n) is 18.1. The number of aryl methyl sites for hydroxylation is 1. The van der Waals surface area contributed by atoms with Crippen LogP contribution in [-0.2, 0) is 6.42 Å². The van der Waals surface area contributed by atoms with Crippen molar-refractivity contribution >= 4 is 33.8 Å². The first-order valence-corrected chi connectivity index (χ1v) is 10.4. The Morgan fingerprint density at radius 2 is 1.58 bits per heavy atom. The summed E-state index contributed by atoms with van der Waals surface area (Å²) < 4.78 is 14.1. The molecule has 0 unspecified atom stereocenters. The number of hydrogen-bond acceptors (Lipinski definition) is 1. The standard InChI is InChI=1S/C27H26FN3/c1-4-20-10-8-14-24(18-20)30(2)27(29-23-12-6-5-7-13-23)31(3)26-15-9-11-21-16-17-22(28)19-25(21)26/h5-19H,4H2,1-3H3. The van der Waals surface area contributed by atoms with Crippen LogP contribution >= 0.6 is 0 Å². The van der Waals surface area contributed by atoms with E-state index in [0.717, 1.165) is 40.2 Å². The summed E-state index contributed by atoms with van der Waals surface area (Å²) in [7, 11) is 3.99. The minimum atomic E-state index is -0.251. The highest BCUT2D eigenvalue weighted by atomic mass is 19.1. The van der Waals surface area contributed by atoms with Gasteiger partial charge < -0.3 is 9.80 Å². The van der Waals surface area contributed by atoms with Crippen LogP contribution in [0.1, 0.15) is 12.5 Å². The molecule has 0 saturated heterocycles. The Balaban J connectivity index is 1.85. The number of fused-ring (bicyclic) bond motifs is 1. The van der Waals surface area contributed by atoms with E-state index < -0.39 is 0 Å². The number of anilines is 2. The molecule has 4 heteroatoms. The number of nitrogens with zero attached hydrogens (tertiary/aromatic N) is 3. The predicted molar refractivity (Wildman–Crippen MR) is 130 cm³/mol. The number of aliphatic imine (C=N–C) groups is 1. The molecule has 31 heavy (non-hydrogen) atoms. The van der Waals surface area contributed by atoms with Crippen molar-refractivity contribution in [2.45, 2.75) is 13.3 Å². The second-order valence-corrected chi connectivity index (χ2v) is 7.53. The van der Waals surface area contributed by atoms with Crippen LogP contribution in [0.4, 0.5) is 21.5 Å². The Hall–Kier alpha value is -3.66.